The van der Waals surface area contributed by atoms with Gasteiger partial charge >= 0.3 is 0 Å². The zero-order valence-electron chi connectivity index (χ0n) is 11.7. The Morgan fingerprint density at radius 3 is 3.19 bits per heavy atom. The summed E-state index contributed by atoms with van der Waals surface area (Å²) < 4.78 is 6.88. The van der Waals surface area contributed by atoms with Crippen LogP contribution in [-0.4, -0.2) is 33.5 Å². The molecule has 0 saturated heterocycles. The van der Waals surface area contributed by atoms with E-state index in [1.165, 1.54) is 11.1 Å². The van der Waals surface area contributed by atoms with E-state index in [0.29, 0.717) is 6.61 Å². The molecular formula is C14H15N5OS. The predicted molar refractivity (Wildman–Crippen MR) is 80.2 cm³/mol. The van der Waals surface area contributed by atoms with E-state index in [9.17, 15) is 0 Å². The lowest BCUT2D eigenvalue weighted by Gasteiger charge is -2.17. The summed E-state index contributed by atoms with van der Waals surface area (Å²) in [4.78, 5) is 0.799. The van der Waals surface area contributed by atoms with Gasteiger partial charge in [-0.3, -0.25) is 0 Å². The van der Waals surface area contributed by atoms with Crippen molar-refractivity contribution in [3.8, 4) is 10.6 Å². The Kier molecular flexibility index (Phi) is 3.17. The van der Waals surface area contributed by atoms with E-state index in [-0.39, 0.29) is 0 Å². The van der Waals surface area contributed by atoms with Crippen LogP contribution in [0.3, 0.4) is 0 Å². The first kappa shape index (κ1) is 12.9. The SMILES string of the molecule is COCc1nnc2sc(-c3ccc4c(c3)CNCC4)nn12. The standard InChI is InChI=1S/C14H15N5OS/c1-20-8-12-16-17-14-19(12)18-13(21-14)10-3-2-9-4-5-15-7-11(9)6-10/h2-3,6,15H,4-5,7-8H2,1H3. The van der Waals surface area contributed by atoms with Crippen LogP contribution in [0.25, 0.3) is 15.5 Å². The Hall–Kier alpha value is -1.83. The molecule has 0 spiro atoms. The summed E-state index contributed by atoms with van der Waals surface area (Å²) in [6.07, 6.45) is 1.10. The van der Waals surface area contributed by atoms with Gasteiger partial charge < -0.3 is 10.1 Å². The van der Waals surface area contributed by atoms with E-state index in [2.05, 4.69) is 38.8 Å². The molecule has 108 valence electrons. The maximum Gasteiger partial charge on any atom is 0.235 e. The Morgan fingerprint density at radius 2 is 2.29 bits per heavy atom. The van der Waals surface area contributed by atoms with Crippen molar-refractivity contribution in [3.63, 3.8) is 0 Å². The molecule has 4 rings (SSSR count). The van der Waals surface area contributed by atoms with Crippen LogP contribution in [0, 0.1) is 0 Å². The normalized spacial score (nSPS) is 14.5. The Bertz CT molecular complexity index is 794. The van der Waals surface area contributed by atoms with Crippen LogP contribution in [0.5, 0.6) is 0 Å². The minimum Gasteiger partial charge on any atom is -0.377 e. The lowest BCUT2D eigenvalue weighted by Crippen LogP contribution is -2.23. The number of fused-ring (bicyclic) bond motifs is 2. The summed E-state index contributed by atoms with van der Waals surface area (Å²) in [5.74, 6) is 0.731. The molecule has 6 nitrogen and oxygen atoms in total. The quantitative estimate of drug-likeness (QED) is 0.797. The molecule has 1 aliphatic heterocycles. The number of nitrogens with one attached hydrogen (secondary N) is 1. The Balaban J connectivity index is 1.75. The molecule has 7 heteroatoms. The van der Waals surface area contributed by atoms with Crippen molar-refractivity contribution in [2.24, 2.45) is 0 Å². The van der Waals surface area contributed by atoms with Crippen LogP contribution in [-0.2, 0) is 24.3 Å². The first-order valence-electron chi connectivity index (χ1n) is 6.88. The van der Waals surface area contributed by atoms with E-state index >= 15 is 0 Å². The third-order valence-corrected chi connectivity index (χ3v) is 4.62. The lowest BCUT2D eigenvalue weighted by molar-refractivity contribution is 0.176. The van der Waals surface area contributed by atoms with Gasteiger partial charge in [0, 0.05) is 19.2 Å². The molecule has 21 heavy (non-hydrogen) atoms. The maximum absolute atomic E-state index is 5.12. The number of aromatic nitrogens is 4. The second-order valence-electron chi connectivity index (χ2n) is 5.06. The minimum absolute atomic E-state index is 0.415. The van der Waals surface area contributed by atoms with Gasteiger partial charge in [0.2, 0.25) is 4.96 Å². The summed E-state index contributed by atoms with van der Waals surface area (Å²) in [5, 5.41) is 17.2. The van der Waals surface area contributed by atoms with Crippen molar-refractivity contribution < 1.29 is 4.74 Å². The first-order chi connectivity index (χ1) is 10.3. The van der Waals surface area contributed by atoms with Gasteiger partial charge in [-0.05, 0) is 30.2 Å². The summed E-state index contributed by atoms with van der Waals surface area (Å²) in [7, 11) is 1.64. The van der Waals surface area contributed by atoms with Crippen LogP contribution < -0.4 is 5.32 Å². The van der Waals surface area contributed by atoms with Gasteiger partial charge in [-0.1, -0.05) is 23.5 Å². The fourth-order valence-corrected chi connectivity index (χ4v) is 3.46. The molecule has 0 aliphatic carbocycles. The summed E-state index contributed by atoms with van der Waals surface area (Å²) in [5.41, 5.74) is 3.93. The third kappa shape index (κ3) is 2.23. The zero-order valence-corrected chi connectivity index (χ0v) is 12.5. The van der Waals surface area contributed by atoms with E-state index in [4.69, 9.17) is 4.74 Å². The Labute approximate surface area is 125 Å². The van der Waals surface area contributed by atoms with E-state index in [0.717, 1.165) is 40.9 Å². The third-order valence-electron chi connectivity index (χ3n) is 3.67. The van der Waals surface area contributed by atoms with Crippen molar-refractivity contribution >= 4 is 16.3 Å². The van der Waals surface area contributed by atoms with Crippen molar-refractivity contribution in [2.45, 2.75) is 19.6 Å². The van der Waals surface area contributed by atoms with Crippen LogP contribution in [0.4, 0.5) is 0 Å². The van der Waals surface area contributed by atoms with Crippen molar-refractivity contribution in [1.82, 2.24) is 25.1 Å². The highest BCUT2D eigenvalue weighted by Gasteiger charge is 2.15. The summed E-state index contributed by atoms with van der Waals surface area (Å²) in [6, 6.07) is 6.58. The highest BCUT2D eigenvalue weighted by Crippen LogP contribution is 2.28. The molecule has 2 aromatic heterocycles. The van der Waals surface area contributed by atoms with Crippen LogP contribution in [0.15, 0.2) is 18.2 Å². The van der Waals surface area contributed by atoms with Gasteiger partial charge in [-0.15, -0.1) is 10.2 Å². The average molecular weight is 301 g/mol. The first-order valence-corrected chi connectivity index (χ1v) is 7.70. The van der Waals surface area contributed by atoms with E-state index in [1.54, 1.807) is 23.0 Å². The second kappa shape index (κ2) is 5.18. The molecule has 3 heterocycles. The molecule has 0 saturated carbocycles. The van der Waals surface area contributed by atoms with Crippen LogP contribution >= 0.6 is 11.3 Å². The number of ether oxygens (including phenoxy) is 1. The highest BCUT2D eigenvalue weighted by atomic mass is 32.1. The predicted octanol–water partition coefficient (Wildman–Crippen LogP) is 1.64. The fourth-order valence-electron chi connectivity index (χ4n) is 2.61. The summed E-state index contributed by atoms with van der Waals surface area (Å²) >= 11 is 1.55. The highest BCUT2D eigenvalue weighted by molar-refractivity contribution is 7.19. The van der Waals surface area contributed by atoms with Gasteiger partial charge in [0.1, 0.15) is 11.6 Å². The van der Waals surface area contributed by atoms with Gasteiger partial charge in [-0.2, -0.15) is 9.61 Å². The van der Waals surface area contributed by atoms with E-state index in [1.807, 2.05) is 0 Å². The van der Waals surface area contributed by atoms with Crippen LogP contribution in [0.1, 0.15) is 17.0 Å². The topological polar surface area (TPSA) is 64.3 Å². The molecule has 0 atom stereocenters. The molecule has 1 aromatic carbocycles. The zero-order chi connectivity index (χ0) is 14.2. The fraction of sp³-hybridized carbons (Fsp3) is 0.357. The molecule has 1 N–H and O–H groups in total. The smallest absolute Gasteiger partial charge is 0.235 e. The monoisotopic (exact) mass is 301 g/mol. The van der Waals surface area contributed by atoms with Gasteiger partial charge in [0.15, 0.2) is 5.82 Å². The molecule has 0 amide bonds. The lowest BCUT2D eigenvalue weighted by atomic mass is 9.99. The number of hydrogen-bond donors (Lipinski definition) is 1. The molecule has 0 fully saturated rings. The largest absolute Gasteiger partial charge is 0.377 e. The number of benzene rings is 1. The van der Waals surface area contributed by atoms with Gasteiger partial charge in [0.25, 0.3) is 0 Å². The number of rotatable bonds is 3. The van der Waals surface area contributed by atoms with E-state index < -0.39 is 0 Å². The second-order valence-corrected chi connectivity index (χ2v) is 6.02. The molecule has 0 bridgehead atoms. The molecule has 0 radical (unpaired) electrons. The average Bonchev–Trinajstić information content (AvgIpc) is 3.09. The molecule has 3 aromatic rings. The van der Waals surface area contributed by atoms with Gasteiger partial charge in [0.05, 0.1) is 0 Å². The minimum atomic E-state index is 0.415. The number of hydrogen-bond acceptors (Lipinski definition) is 6. The summed E-state index contributed by atoms with van der Waals surface area (Å²) in [6.45, 7) is 2.41. The molecule has 1 aliphatic rings. The number of methoxy groups -OCH3 is 1. The molecular weight excluding hydrogens is 286 g/mol. The van der Waals surface area contributed by atoms with Crippen LogP contribution in [0.2, 0.25) is 0 Å². The van der Waals surface area contributed by atoms with Crippen molar-refractivity contribution in [3.05, 3.63) is 35.2 Å². The Morgan fingerprint density at radius 1 is 1.33 bits per heavy atom. The number of nitrogens with zero attached hydrogens (tertiary/aromatic N) is 4. The van der Waals surface area contributed by atoms with Crippen molar-refractivity contribution in [1.29, 1.82) is 0 Å². The van der Waals surface area contributed by atoms with Gasteiger partial charge in [-0.25, -0.2) is 0 Å². The molecule has 0 unspecified atom stereocenters. The van der Waals surface area contributed by atoms with Crippen molar-refractivity contribution in [2.75, 3.05) is 13.7 Å². The maximum atomic E-state index is 5.12.